The van der Waals surface area contributed by atoms with E-state index in [1.54, 1.807) is 0 Å². The summed E-state index contributed by atoms with van der Waals surface area (Å²) in [7, 11) is 0. The molecule has 20 heavy (non-hydrogen) atoms. The summed E-state index contributed by atoms with van der Waals surface area (Å²) in [5, 5.41) is 0. The molecule has 2 atom stereocenters. The van der Waals surface area contributed by atoms with Crippen LogP contribution in [0.5, 0.6) is 0 Å². The van der Waals surface area contributed by atoms with E-state index in [-0.39, 0.29) is 5.41 Å². The van der Waals surface area contributed by atoms with Crippen LogP contribution in [0.4, 0.5) is 0 Å². The zero-order valence-electron chi connectivity index (χ0n) is 13.0. The van der Waals surface area contributed by atoms with Gasteiger partial charge in [0.25, 0.3) is 0 Å². The van der Waals surface area contributed by atoms with E-state index in [1.165, 1.54) is 36.8 Å². The second-order valence-corrected chi connectivity index (χ2v) is 7.73. The van der Waals surface area contributed by atoms with Crippen molar-refractivity contribution < 1.29 is 4.79 Å². The summed E-state index contributed by atoms with van der Waals surface area (Å²) in [4.78, 5) is 12.4. The van der Waals surface area contributed by atoms with Gasteiger partial charge in [0.15, 0.2) is 0 Å². The molecule has 1 aromatic carbocycles. The van der Waals surface area contributed by atoms with Crippen molar-refractivity contribution >= 4 is 5.78 Å². The first-order chi connectivity index (χ1) is 9.47. The minimum absolute atomic E-state index is 0.188. The second-order valence-electron chi connectivity index (χ2n) is 7.73. The molecule has 1 heteroatoms. The standard InChI is InChI=1S/C19H26O/c1-19(2,3)14-10-8-13(9-11-14)12-17(20)18-15-6-4-5-7-16(15)18/h8-11,15-16,18H,4-7,12H2,1-3H3. The molecule has 0 bridgehead atoms. The number of hydrogen-bond acceptors (Lipinski definition) is 1. The Labute approximate surface area is 122 Å². The Morgan fingerprint density at radius 2 is 1.60 bits per heavy atom. The van der Waals surface area contributed by atoms with Crippen LogP contribution in [0.2, 0.25) is 0 Å². The summed E-state index contributed by atoms with van der Waals surface area (Å²) in [6.45, 7) is 6.67. The van der Waals surface area contributed by atoms with Gasteiger partial charge in [0, 0.05) is 12.3 Å². The van der Waals surface area contributed by atoms with Crippen LogP contribution in [-0.2, 0) is 16.6 Å². The van der Waals surface area contributed by atoms with Gasteiger partial charge in [-0.3, -0.25) is 4.79 Å². The van der Waals surface area contributed by atoms with Crippen LogP contribution in [0.25, 0.3) is 0 Å². The minimum atomic E-state index is 0.188. The van der Waals surface area contributed by atoms with Gasteiger partial charge in [-0.25, -0.2) is 0 Å². The number of carbonyl (C=O) groups is 1. The summed E-state index contributed by atoms with van der Waals surface area (Å²) in [5.74, 6) is 2.38. The van der Waals surface area contributed by atoms with E-state index in [9.17, 15) is 4.79 Å². The topological polar surface area (TPSA) is 17.1 Å². The fourth-order valence-corrected chi connectivity index (χ4v) is 3.91. The van der Waals surface area contributed by atoms with Crippen molar-refractivity contribution in [2.45, 2.75) is 58.3 Å². The number of rotatable bonds is 3. The quantitative estimate of drug-likeness (QED) is 0.788. The normalized spacial score (nSPS) is 28.9. The maximum atomic E-state index is 12.4. The van der Waals surface area contributed by atoms with E-state index in [0.717, 1.165) is 11.8 Å². The average Bonchev–Trinajstić information content (AvgIpc) is 3.12. The van der Waals surface area contributed by atoms with Crippen molar-refractivity contribution in [1.29, 1.82) is 0 Å². The molecule has 2 fully saturated rings. The van der Waals surface area contributed by atoms with Gasteiger partial charge < -0.3 is 0 Å². The van der Waals surface area contributed by atoms with Gasteiger partial charge in [-0.15, -0.1) is 0 Å². The molecule has 1 aromatic rings. The molecule has 2 unspecified atom stereocenters. The molecule has 0 radical (unpaired) electrons. The van der Waals surface area contributed by atoms with Crippen molar-refractivity contribution in [3.8, 4) is 0 Å². The maximum Gasteiger partial charge on any atom is 0.140 e. The molecule has 2 saturated carbocycles. The first kappa shape index (κ1) is 13.9. The maximum absolute atomic E-state index is 12.4. The number of Topliss-reactive ketones (excluding diaryl/α,β-unsaturated/α-hetero) is 1. The SMILES string of the molecule is CC(C)(C)c1ccc(CC(=O)C2C3CCCCC32)cc1. The lowest BCUT2D eigenvalue weighted by Crippen LogP contribution is -2.11. The number of benzene rings is 1. The smallest absolute Gasteiger partial charge is 0.140 e. The van der Waals surface area contributed by atoms with E-state index < -0.39 is 0 Å². The molecule has 1 nitrogen and oxygen atoms in total. The first-order valence-electron chi connectivity index (χ1n) is 8.09. The van der Waals surface area contributed by atoms with Crippen LogP contribution in [-0.4, -0.2) is 5.78 Å². The molecular weight excluding hydrogens is 244 g/mol. The van der Waals surface area contributed by atoms with Crippen molar-refractivity contribution in [3.63, 3.8) is 0 Å². The zero-order chi connectivity index (χ0) is 14.3. The van der Waals surface area contributed by atoms with E-state index in [2.05, 4.69) is 45.0 Å². The zero-order valence-corrected chi connectivity index (χ0v) is 13.0. The molecule has 0 amide bonds. The van der Waals surface area contributed by atoms with Crippen LogP contribution in [0.3, 0.4) is 0 Å². The Hall–Kier alpha value is -1.11. The molecular formula is C19H26O. The van der Waals surface area contributed by atoms with Crippen molar-refractivity contribution in [2.75, 3.05) is 0 Å². The first-order valence-corrected chi connectivity index (χ1v) is 8.09. The van der Waals surface area contributed by atoms with Gasteiger partial charge >= 0.3 is 0 Å². The molecule has 2 aliphatic carbocycles. The van der Waals surface area contributed by atoms with E-state index >= 15 is 0 Å². The summed E-state index contributed by atoms with van der Waals surface area (Å²) in [6.07, 6.45) is 5.91. The number of carbonyl (C=O) groups excluding carboxylic acids is 1. The molecule has 0 aromatic heterocycles. The van der Waals surface area contributed by atoms with Crippen LogP contribution in [0.1, 0.15) is 57.6 Å². The van der Waals surface area contributed by atoms with Gasteiger partial charge in [0.1, 0.15) is 5.78 Å². The Bertz CT molecular complexity index is 479. The molecule has 108 valence electrons. The highest BCUT2D eigenvalue weighted by molar-refractivity contribution is 5.86. The van der Waals surface area contributed by atoms with Crippen LogP contribution >= 0.6 is 0 Å². The number of fused-ring (bicyclic) bond motifs is 1. The van der Waals surface area contributed by atoms with E-state index in [0.29, 0.717) is 18.1 Å². The monoisotopic (exact) mass is 270 g/mol. The van der Waals surface area contributed by atoms with Crippen LogP contribution in [0, 0.1) is 17.8 Å². The molecule has 0 spiro atoms. The highest BCUT2D eigenvalue weighted by Crippen LogP contribution is 2.56. The highest BCUT2D eigenvalue weighted by Gasteiger charge is 2.53. The molecule has 0 aliphatic heterocycles. The van der Waals surface area contributed by atoms with Crippen molar-refractivity contribution in [1.82, 2.24) is 0 Å². The lowest BCUT2D eigenvalue weighted by molar-refractivity contribution is -0.120. The third kappa shape index (κ3) is 2.68. The third-order valence-corrected chi connectivity index (χ3v) is 5.23. The predicted molar refractivity (Wildman–Crippen MR) is 82.8 cm³/mol. The summed E-state index contributed by atoms with van der Waals surface area (Å²) in [5.41, 5.74) is 2.72. The van der Waals surface area contributed by atoms with Crippen molar-refractivity contribution in [2.24, 2.45) is 17.8 Å². The molecule has 3 rings (SSSR count). The third-order valence-electron chi connectivity index (χ3n) is 5.23. The Kier molecular flexibility index (Phi) is 3.48. The Morgan fingerprint density at radius 1 is 1.05 bits per heavy atom. The predicted octanol–water partition coefficient (Wildman–Crippen LogP) is 4.53. The Balaban J connectivity index is 1.62. The van der Waals surface area contributed by atoms with Gasteiger partial charge in [0.2, 0.25) is 0 Å². The summed E-state index contributed by atoms with van der Waals surface area (Å²) < 4.78 is 0. The van der Waals surface area contributed by atoms with Crippen LogP contribution < -0.4 is 0 Å². The van der Waals surface area contributed by atoms with Gasteiger partial charge in [-0.1, -0.05) is 57.9 Å². The number of ketones is 1. The molecule has 0 heterocycles. The van der Waals surface area contributed by atoms with Crippen molar-refractivity contribution in [3.05, 3.63) is 35.4 Å². The average molecular weight is 270 g/mol. The lowest BCUT2D eigenvalue weighted by atomic mass is 9.86. The number of hydrogen-bond donors (Lipinski definition) is 0. The lowest BCUT2D eigenvalue weighted by Gasteiger charge is -2.19. The minimum Gasteiger partial charge on any atom is -0.299 e. The van der Waals surface area contributed by atoms with Gasteiger partial charge in [0.05, 0.1) is 0 Å². The summed E-state index contributed by atoms with van der Waals surface area (Å²) in [6, 6.07) is 8.65. The molecule has 0 N–H and O–H groups in total. The highest BCUT2D eigenvalue weighted by atomic mass is 16.1. The molecule has 0 saturated heterocycles. The van der Waals surface area contributed by atoms with E-state index in [4.69, 9.17) is 0 Å². The molecule has 2 aliphatic rings. The Morgan fingerprint density at radius 3 is 2.10 bits per heavy atom. The fraction of sp³-hybridized carbons (Fsp3) is 0.632. The van der Waals surface area contributed by atoms with E-state index in [1.807, 2.05) is 0 Å². The van der Waals surface area contributed by atoms with Gasteiger partial charge in [-0.05, 0) is 41.2 Å². The fourth-order valence-electron chi connectivity index (χ4n) is 3.91. The largest absolute Gasteiger partial charge is 0.299 e. The van der Waals surface area contributed by atoms with Gasteiger partial charge in [-0.2, -0.15) is 0 Å². The van der Waals surface area contributed by atoms with Crippen LogP contribution in [0.15, 0.2) is 24.3 Å². The second kappa shape index (κ2) is 5.02. The summed E-state index contributed by atoms with van der Waals surface area (Å²) >= 11 is 0.